The molecule has 0 saturated heterocycles. The third-order valence-electron chi connectivity index (χ3n) is 14.4. The molecule has 10 aromatic carbocycles. The number of allylic oxidation sites excluding steroid dienone is 2. The van der Waals surface area contributed by atoms with Crippen molar-refractivity contribution in [1.29, 1.82) is 0 Å². The Morgan fingerprint density at radius 3 is 1.23 bits per heavy atom. The van der Waals surface area contributed by atoms with Gasteiger partial charge < -0.3 is 22.5 Å². The van der Waals surface area contributed by atoms with Gasteiger partial charge in [-0.2, -0.15) is 0 Å². The van der Waals surface area contributed by atoms with E-state index in [-0.39, 0.29) is 0 Å². The van der Waals surface area contributed by atoms with Crippen molar-refractivity contribution >= 4 is 141 Å². The molecule has 0 spiro atoms. The Labute approximate surface area is 403 Å². The molecule has 0 amide bonds. The molecule has 0 unspecified atom stereocenters. The second kappa shape index (κ2) is 14.7. The number of furan rings is 2. The summed E-state index contributed by atoms with van der Waals surface area (Å²) in [5.41, 5.74) is 13.9. The summed E-state index contributed by atoms with van der Waals surface area (Å²) in [5, 5.41) is 14.1. The van der Waals surface area contributed by atoms with Gasteiger partial charge in [-0.05, 0) is 109 Å². The van der Waals surface area contributed by atoms with Crippen molar-refractivity contribution in [1.82, 2.24) is 13.7 Å². The Balaban J connectivity index is 0.00000107. The molecular weight excluding hydrogens is 875 g/mol. The zero-order chi connectivity index (χ0) is 46.2. The summed E-state index contributed by atoms with van der Waals surface area (Å²) in [6.45, 7) is 6.72. The van der Waals surface area contributed by atoms with Crippen LogP contribution in [-0.4, -0.2) is 13.7 Å². The van der Waals surface area contributed by atoms with Gasteiger partial charge in [0.1, 0.15) is 22.3 Å². The van der Waals surface area contributed by atoms with Crippen LogP contribution in [0.15, 0.2) is 234 Å². The molecule has 0 bridgehead atoms. The van der Waals surface area contributed by atoms with Crippen LogP contribution in [0.25, 0.3) is 147 Å². The number of hydrogen-bond acceptors (Lipinski definition) is 3. The van der Waals surface area contributed by atoms with E-state index in [1.165, 1.54) is 53.1 Å². The van der Waals surface area contributed by atoms with Crippen molar-refractivity contribution in [3.05, 3.63) is 226 Å². The summed E-state index contributed by atoms with van der Waals surface area (Å²) in [6, 6.07) is 72.7. The standard InChI is InChI=1S/C60H33N3O2S.C4H6/c1-6-16-47-37(11-1)38-12-2-7-17-48(38)61(47)35-22-29-55-45(32-35)46-33-36(23-30-56(46)66-55)63-50-19-9-4-15-43(50)58-52(63)27-25-41-40-24-26-51-57(59(40)65-60(41)58)42-14-3-8-18-49(42)62(51)34-21-28-54-44(31-34)39-13-5-10-20-53(39)64-54;1-3-4-2/h1-33H;3-4H,1-2H2. The van der Waals surface area contributed by atoms with Gasteiger partial charge in [0, 0.05) is 80.3 Å². The summed E-state index contributed by atoms with van der Waals surface area (Å²) in [7, 11) is 0. The summed E-state index contributed by atoms with van der Waals surface area (Å²) in [6.07, 6.45) is 3.28. The molecule has 0 aliphatic carbocycles. The molecule has 70 heavy (non-hydrogen) atoms. The van der Waals surface area contributed by atoms with Gasteiger partial charge in [0.15, 0.2) is 0 Å². The van der Waals surface area contributed by atoms with Crippen molar-refractivity contribution < 1.29 is 8.83 Å². The molecule has 0 aliphatic rings. The van der Waals surface area contributed by atoms with Gasteiger partial charge in [-0.25, -0.2) is 0 Å². The lowest BCUT2D eigenvalue weighted by atomic mass is 10.1. The molecule has 6 heteroatoms. The fraction of sp³-hybridized carbons (Fsp3) is 0. The maximum Gasteiger partial charge on any atom is 0.145 e. The van der Waals surface area contributed by atoms with E-state index in [9.17, 15) is 0 Å². The fourth-order valence-corrected chi connectivity index (χ4v) is 12.5. The lowest BCUT2D eigenvalue weighted by molar-refractivity contribution is 0.669. The number of para-hydroxylation sites is 5. The van der Waals surface area contributed by atoms with E-state index in [2.05, 4.69) is 215 Å². The fourth-order valence-electron chi connectivity index (χ4n) is 11.4. The Kier molecular flexibility index (Phi) is 8.18. The molecule has 0 fully saturated rings. The average Bonchev–Trinajstić information content (AvgIpc) is 4.27. The van der Waals surface area contributed by atoms with Gasteiger partial charge >= 0.3 is 0 Å². The van der Waals surface area contributed by atoms with Crippen LogP contribution < -0.4 is 0 Å². The zero-order valence-corrected chi connectivity index (χ0v) is 38.5. The minimum Gasteiger partial charge on any atom is -0.456 e. The highest BCUT2D eigenvalue weighted by Gasteiger charge is 2.23. The van der Waals surface area contributed by atoms with Gasteiger partial charge in [-0.15, -0.1) is 11.3 Å². The first-order valence-electron chi connectivity index (χ1n) is 23.6. The van der Waals surface area contributed by atoms with Crippen LogP contribution >= 0.6 is 11.3 Å². The molecule has 0 saturated carbocycles. The number of rotatable bonds is 4. The quantitative estimate of drug-likeness (QED) is 0.165. The number of aromatic nitrogens is 3. The number of hydrogen-bond donors (Lipinski definition) is 0. The number of nitrogens with zero attached hydrogens (tertiary/aromatic N) is 3. The van der Waals surface area contributed by atoms with E-state index < -0.39 is 0 Å². The average molecular weight is 914 g/mol. The Morgan fingerprint density at radius 1 is 0.314 bits per heavy atom. The summed E-state index contributed by atoms with van der Waals surface area (Å²) in [5.74, 6) is 0. The van der Waals surface area contributed by atoms with Crippen molar-refractivity contribution in [3.63, 3.8) is 0 Å². The van der Waals surface area contributed by atoms with Gasteiger partial charge in [-0.3, -0.25) is 0 Å². The normalized spacial score (nSPS) is 12.1. The maximum absolute atomic E-state index is 7.29. The molecule has 0 aliphatic heterocycles. The van der Waals surface area contributed by atoms with Crippen molar-refractivity contribution in [3.8, 4) is 17.1 Å². The molecule has 6 heterocycles. The molecule has 5 nitrogen and oxygen atoms in total. The van der Waals surface area contributed by atoms with Crippen LogP contribution in [0, 0.1) is 0 Å². The Hall–Kier alpha value is -9.10. The van der Waals surface area contributed by atoms with Gasteiger partial charge in [0.05, 0.1) is 43.9 Å². The first kappa shape index (κ1) is 38.9. The molecule has 328 valence electrons. The lowest BCUT2D eigenvalue weighted by Gasteiger charge is -2.09. The van der Waals surface area contributed by atoms with Crippen LogP contribution in [0.5, 0.6) is 0 Å². The minimum absolute atomic E-state index is 0.886. The number of benzene rings is 10. The Morgan fingerprint density at radius 2 is 0.714 bits per heavy atom. The highest BCUT2D eigenvalue weighted by Crippen LogP contribution is 2.46. The van der Waals surface area contributed by atoms with E-state index in [1.54, 1.807) is 12.2 Å². The predicted octanol–water partition coefficient (Wildman–Crippen LogP) is 18.5. The highest BCUT2D eigenvalue weighted by molar-refractivity contribution is 7.25. The number of thiophene rings is 1. The van der Waals surface area contributed by atoms with Crippen LogP contribution in [0.2, 0.25) is 0 Å². The van der Waals surface area contributed by atoms with Crippen molar-refractivity contribution in [2.45, 2.75) is 0 Å². The molecule has 0 N–H and O–H groups in total. The molecule has 16 rings (SSSR count). The van der Waals surface area contributed by atoms with Crippen molar-refractivity contribution in [2.24, 2.45) is 0 Å². The summed E-state index contributed by atoms with van der Waals surface area (Å²) in [4.78, 5) is 0. The summed E-state index contributed by atoms with van der Waals surface area (Å²) < 4.78 is 23.3. The van der Waals surface area contributed by atoms with Crippen LogP contribution in [0.4, 0.5) is 0 Å². The molecule has 0 radical (unpaired) electrons. The van der Waals surface area contributed by atoms with Crippen molar-refractivity contribution in [2.75, 3.05) is 0 Å². The van der Waals surface area contributed by atoms with E-state index in [0.29, 0.717) is 0 Å². The maximum atomic E-state index is 7.29. The van der Waals surface area contributed by atoms with E-state index in [1.807, 2.05) is 23.5 Å². The first-order valence-corrected chi connectivity index (χ1v) is 24.4. The summed E-state index contributed by atoms with van der Waals surface area (Å²) >= 11 is 1.86. The largest absolute Gasteiger partial charge is 0.456 e. The monoisotopic (exact) mass is 913 g/mol. The Bertz CT molecular complexity index is 4830. The predicted molar refractivity (Wildman–Crippen MR) is 297 cm³/mol. The molecule has 6 aromatic heterocycles. The minimum atomic E-state index is 0.886. The second-order valence-corrected chi connectivity index (χ2v) is 19.1. The highest BCUT2D eigenvalue weighted by atomic mass is 32.1. The van der Waals surface area contributed by atoms with E-state index in [4.69, 9.17) is 8.83 Å². The first-order chi connectivity index (χ1) is 34.6. The van der Waals surface area contributed by atoms with Gasteiger partial charge in [-0.1, -0.05) is 116 Å². The SMILES string of the molecule is C=CC=C.c1ccc2c(c1)oc1ccc(-n3c4ccccc4c4c5oc6c(ccc7c6c6ccccc6n7-c6ccc7sc8ccc(-n9c%10ccccc%10c%10ccccc%109)cc8c7c6)c5ccc43)cc12. The number of fused-ring (bicyclic) bond motifs is 20. The van der Waals surface area contributed by atoms with Crippen LogP contribution in [0.3, 0.4) is 0 Å². The van der Waals surface area contributed by atoms with Crippen LogP contribution in [0.1, 0.15) is 0 Å². The molecular formula is C64H39N3O2S. The van der Waals surface area contributed by atoms with E-state index >= 15 is 0 Å². The topological polar surface area (TPSA) is 41.1 Å². The van der Waals surface area contributed by atoms with Gasteiger partial charge in [0.2, 0.25) is 0 Å². The van der Waals surface area contributed by atoms with Crippen LogP contribution in [-0.2, 0) is 0 Å². The lowest BCUT2D eigenvalue weighted by Crippen LogP contribution is -1.94. The molecule has 0 atom stereocenters. The van der Waals surface area contributed by atoms with E-state index in [0.717, 1.165) is 93.5 Å². The zero-order valence-electron chi connectivity index (χ0n) is 37.7. The third-order valence-corrected chi connectivity index (χ3v) is 15.5. The van der Waals surface area contributed by atoms with Gasteiger partial charge in [0.25, 0.3) is 0 Å². The second-order valence-electron chi connectivity index (χ2n) is 18.1. The third kappa shape index (κ3) is 5.36. The molecule has 16 aromatic rings. The smallest absolute Gasteiger partial charge is 0.145 e.